The molecule has 2 aliphatic rings. The molecule has 5 nitrogen and oxygen atoms in total. The van der Waals surface area contributed by atoms with Crippen LogP contribution in [0, 0.1) is 0 Å². The van der Waals surface area contributed by atoms with Gasteiger partial charge in [0.2, 0.25) is 0 Å². The van der Waals surface area contributed by atoms with Crippen LogP contribution >= 0.6 is 0 Å². The van der Waals surface area contributed by atoms with Crippen molar-refractivity contribution in [3.63, 3.8) is 0 Å². The van der Waals surface area contributed by atoms with E-state index in [4.69, 9.17) is 14.2 Å². The van der Waals surface area contributed by atoms with Gasteiger partial charge in [-0.2, -0.15) is 0 Å². The first-order chi connectivity index (χ1) is 10.1. The fraction of sp³-hybridized carbons (Fsp3) is 0.250. The Morgan fingerprint density at radius 3 is 2.57 bits per heavy atom. The molecule has 0 radical (unpaired) electrons. The molecule has 1 aromatic rings. The van der Waals surface area contributed by atoms with Crippen molar-refractivity contribution in [2.45, 2.75) is 25.7 Å². The topological polar surface area (TPSA) is 61.8 Å². The van der Waals surface area contributed by atoms with Gasteiger partial charge in [-0.1, -0.05) is 30.3 Å². The third-order valence-corrected chi connectivity index (χ3v) is 3.36. The Balaban J connectivity index is 1.66. The first-order valence-electron chi connectivity index (χ1n) is 6.63. The molecule has 5 heteroatoms. The molecular weight excluding hydrogens is 272 g/mol. The Kier molecular flexibility index (Phi) is 3.48. The fourth-order valence-corrected chi connectivity index (χ4v) is 2.20. The van der Waals surface area contributed by atoms with Gasteiger partial charge in [-0.15, -0.1) is 0 Å². The van der Waals surface area contributed by atoms with Gasteiger partial charge in [0.25, 0.3) is 6.29 Å². The van der Waals surface area contributed by atoms with E-state index in [1.165, 1.54) is 6.26 Å². The summed E-state index contributed by atoms with van der Waals surface area (Å²) in [6.45, 7) is 1.65. The van der Waals surface area contributed by atoms with Crippen molar-refractivity contribution in [3.05, 3.63) is 59.4 Å². The summed E-state index contributed by atoms with van der Waals surface area (Å²) >= 11 is 0. The molecule has 0 bridgehead atoms. The van der Waals surface area contributed by atoms with Crippen molar-refractivity contribution in [1.29, 1.82) is 0 Å². The molecule has 0 aromatic heterocycles. The lowest BCUT2D eigenvalue weighted by atomic mass is 10.1. The molecule has 0 unspecified atom stereocenters. The molecule has 0 saturated carbocycles. The predicted octanol–water partition coefficient (Wildman–Crippen LogP) is 2.40. The predicted molar refractivity (Wildman–Crippen MR) is 72.7 cm³/mol. The zero-order chi connectivity index (χ0) is 14.8. The molecule has 0 spiro atoms. The van der Waals surface area contributed by atoms with Crippen LogP contribution in [0.25, 0.3) is 0 Å². The summed E-state index contributed by atoms with van der Waals surface area (Å²) < 4.78 is 15.5. The summed E-state index contributed by atoms with van der Waals surface area (Å²) in [6.07, 6.45) is 2.25. The molecule has 0 aliphatic carbocycles. The molecule has 108 valence electrons. The van der Waals surface area contributed by atoms with E-state index >= 15 is 0 Å². The largest absolute Gasteiger partial charge is 0.458 e. The second-order valence-electron chi connectivity index (χ2n) is 4.91. The molecule has 2 atom stereocenters. The maximum absolute atomic E-state index is 11.8. The fourth-order valence-electron chi connectivity index (χ4n) is 2.20. The number of hydrogen-bond acceptors (Lipinski definition) is 5. The average Bonchev–Trinajstić information content (AvgIpc) is 3.01. The normalized spacial score (nSPS) is 26.5. The van der Waals surface area contributed by atoms with Crippen molar-refractivity contribution in [2.75, 3.05) is 0 Å². The third-order valence-electron chi connectivity index (χ3n) is 3.36. The lowest BCUT2D eigenvalue weighted by molar-refractivity contribution is -0.152. The zero-order valence-electron chi connectivity index (χ0n) is 11.4. The highest BCUT2D eigenvalue weighted by atomic mass is 16.7. The van der Waals surface area contributed by atoms with Crippen molar-refractivity contribution in [1.82, 2.24) is 0 Å². The molecule has 1 aromatic carbocycles. The molecule has 1 fully saturated rings. The molecule has 1 saturated heterocycles. The van der Waals surface area contributed by atoms with Gasteiger partial charge in [-0.05, 0) is 12.5 Å². The summed E-state index contributed by atoms with van der Waals surface area (Å²) in [5.74, 6) is -0.816. The van der Waals surface area contributed by atoms with Gasteiger partial charge in [0.1, 0.15) is 6.10 Å². The van der Waals surface area contributed by atoms with Gasteiger partial charge in [-0.25, -0.2) is 9.59 Å². The van der Waals surface area contributed by atoms with Crippen LogP contribution in [0.3, 0.4) is 0 Å². The highest BCUT2D eigenvalue weighted by Gasteiger charge is 2.31. The Morgan fingerprint density at radius 1 is 1.14 bits per heavy atom. The molecule has 2 heterocycles. The Bertz CT molecular complexity index is 629. The maximum Gasteiger partial charge on any atom is 0.337 e. The third kappa shape index (κ3) is 2.81. The Morgan fingerprint density at radius 2 is 1.90 bits per heavy atom. The van der Waals surface area contributed by atoms with E-state index in [0.29, 0.717) is 17.6 Å². The van der Waals surface area contributed by atoms with Gasteiger partial charge in [-0.3, -0.25) is 0 Å². The number of ether oxygens (including phenoxy) is 3. The monoisotopic (exact) mass is 286 g/mol. The lowest BCUT2D eigenvalue weighted by Gasteiger charge is -2.07. The van der Waals surface area contributed by atoms with E-state index in [1.807, 2.05) is 30.3 Å². The van der Waals surface area contributed by atoms with E-state index < -0.39 is 18.2 Å². The van der Waals surface area contributed by atoms with E-state index in [9.17, 15) is 9.59 Å². The van der Waals surface area contributed by atoms with E-state index in [2.05, 4.69) is 0 Å². The minimum atomic E-state index is -0.770. The smallest absolute Gasteiger partial charge is 0.337 e. The minimum absolute atomic E-state index is 0.294. The first kappa shape index (κ1) is 13.4. The number of esters is 2. The first-order valence-corrected chi connectivity index (χ1v) is 6.63. The van der Waals surface area contributed by atoms with Crippen LogP contribution in [0.1, 0.15) is 25.0 Å². The van der Waals surface area contributed by atoms with E-state index in [1.54, 1.807) is 13.0 Å². The summed E-state index contributed by atoms with van der Waals surface area (Å²) in [5.41, 5.74) is 1.87. The molecular formula is C16H14O5. The van der Waals surface area contributed by atoms with Crippen molar-refractivity contribution in [3.8, 4) is 0 Å². The summed E-state index contributed by atoms with van der Waals surface area (Å²) in [4.78, 5) is 23.0. The molecule has 21 heavy (non-hydrogen) atoms. The van der Waals surface area contributed by atoms with Crippen molar-refractivity contribution >= 4 is 11.9 Å². The lowest BCUT2D eigenvalue weighted by Crippen LogP contribution is -2.10. The highest BCUT2D eigenvalue weighted by Crippen LogP contribution is 2.33. The standard InChI is InChI=1S/C16H14O5/c1-10-7-14(21-15(10)17)19-9-12-8-13(20-16(12)18)11-5-3-2-4-6-11/h2-7,9,13-14H,8H2,1H3/b12-9+/t13-,14+/m1/s1. The van der Waals surface area contributed by atoms with Crippen LogP contribution in [-0.4, -0.2) is 18.2 Å². The van der Waals surface area contributed by atoms with E-state index in [0.717, 1.165) is 5.56 Å². The number of benzene rings is 1. The molecule has 2 aliphatic heterocycles. The van der Waals surface area contributed by atoms with Gasteiger partial charge >= 0.3 is 11.9 Å². The van der Waals surface area contributed by atoms with Gasteiger partial charge in [0.05, 0.1) is 11.8 Å². The van der Waals surface area contributed by atoms with Crippen molar-refractivity contribution in [2.24, 2.45) is 0 Å². The van der Waals surface area contributed by atoms with Crippen LogP contribution in [0.4, 0.5) is 0 Å². The highest BCUT2D eigenvalue weighted by molar-refractivity contribution is 5.91. The number of carbonyl (C=O) groups excluding carboxylic acids is 2. The maximum atomic E-state index is 11.8. The van der Waals surface area contributed by atoms with Gasteiger partial charge in [0, 0.05) is 18.1 Å². The summed E-state index contributed by atoms with van der Waals surface area (Å²) in [5, 5.41) is 0. The van der Waals surface area contributed by atoms with Crippen LogP contribution < -0.4 is 0 Å². The molecule has 0 N–H and O–H groups in total. The zero-order valence-corrected chi connectivity index (χ0v) is 11.4. The van der Waals surface area contributed by atoms with Crippen molar-refractivity contribution < 1.29 is 23.8 Å². The molecule has 0 amide bonds. The second kappa shape index (κ2) is 5.44. The van der Waals surface area contributed by atoms with E-state index in [-0.39, 0.29) is 6.10 Å². The number of hydrogen-bond donors (Lipinski definition) is 0. The van der Waals surface area contributed by atoms with Gasteiger partial charge < -0.3 is 14.2 Å². The number of carbonyl (C=O) groups is 2. The van der Waals surface area contributed by atoms with Crippen LogP contribution in [0.15, 0.2) is 53.8 Å². The van der Waals surface area contributed by atoms with Gasteiger partial charge in [0.15, 0.2) is 0 Å². The number of cyclic esters (lactones) is 2. The summed E-state index contributed by atoms with van der Waals surface area (Å²) in [6, 6.07) is 9.52. The second-order valence-corrected chi connectivity index (χ2v) is 4.91. The van der Waals surface area contributed by atoms with Crippen LogP contribution in [0.5, 0.6) is 0 Å². The van der Waals surface area contributed by atoms with Crippen LogP contribution in [0.2, 0.25) is 0 Å². The minimum Gasteiger partial charge on any atom is -0.458 e. The quantitative estimate of drug-likeness (QED) is 0.485. The van der Waals surface area contributed by atoms with Crippen LogP contribution in [-0.2, 0) is 23.8 Å². The SMILES string of the molecule is CC1=C[C@@H](O/C=C2\C[C@H](c3ccccc3)OC2=O)OC1=O. The average molecular weight is 286 g/mol. The Hall–Kier alpha value is -2.56. The number of rotatable bonds is 3. The molecule has 3 rings (SSSR count). The summed E-state index contributed by atoms with van der Waals surface area (Å²) in [7, 11) is 0. The Labute approximate surface area is 121 Å².